The van der Waals surface area contributed by atoms with Gasteiger partial charge in [0.15, 0.2) is 0 Å². The Hall–Kier alpha value is -0.0400. The second kappa shape index (κ2) is 5.73. The molecule has 0 aromatic heterocycles. The molecule has 0 amide bonds. The van der Waals surface area contributed by atoms with Crippen molar-refractivity contribution in [3.8, 4) is 0 Å². The molecule has 0 aliphatic heterocycles. The Morgan fingerprint density at radius 1 is 0.824 bits per heavy atom. The van der Waals surface area contributed by atoms with Crippen LogP contribution in [0.4, 0.5) is 0 Å². The second-order valence-corrected chi connectivity index (χ2v) is 7.84. The molecule has 17 heavy (non-hydrogen) atoms. The topological polar surface area (TPSA) is 3.24 Å². The molecule has 0 aromatic rings. The molecule has 0 saturated carbocycles. The van der Waals surface area contributed by atoms with Crippen molar-refractivity contribution in [2.45, 2.75) is 92.7 Å². The normalized spacial score (nSPS) is 14.5. The standard InChI is InChI=1S/C16H35N/c1-10-12-16(8,9)17(14(3,4)5)13-15(6,7)11-2/h10-13H2,1-9H3. The van der Waals surface area contributed by atoms with Gasteiger partial charge in [0.25, 0.3) is 0 Å². The van der Waals surface area contributed by atoms with E-state index in [-0.39, 0.29) is 5.54 Å². The van der Waals surface area contributed by atoms with Gasteiger partial charge in [-0.05, 0) is 52.9 Å². The lowest BCUT2D eigenvalue weighted by Crippen LogP contribution is -2.56. The minimum absolute atomic E-state index is 0.241. The Morgan fingerprint density at radius 2 is 1.29 bits per heavy atom. The van der Waals surface area contributed by atoms with Crippen molar-refractivity contribution in [2.75, 3.05) is 6.54 Å². The average Bonchev–Trinajstić information content (AvgIpc) is 2.12. The molecule has 0 aliphatic carbocycles. The molecule has 0 rings (SSSR count). The summed E-state index contributed by atoms with van der Waals surface area (Å²) in [5.74, 6) is 0. The molecule has 0 atom stereocenters. The lowest BCUT2D eigenvalue weighted by molar-refractivity contribution is -0.0111. The third kappa shape index (κ3) is 5.42. The van der Waals surface area contributed by atoms with E-state index >= 15 is 0 Å². The number of hydrogen-bond acceptors (Lipinski definition) is 1. The van der Waals surface area contributed by atoms with Gasteiger partial charge in [-0.25, -0.2) is 0 Å². The largest absolute Gasteiger partial charge is 0.293 e. The minimum atomic E-state index is 0.241. The highest BCUT2D eigenvalue weighted by Gasteiger charge is 2.37. The summed E-state index contributed by atoms with van der Waals surface area (Å²) in [5, 5.41) is 0. The smallest absolute Gasteiger partial charge is 0.0158 e. The third-order valence-corrected chi connectivity index (χ3v) is 3.95. The van der Waals surface area contributed by atoms with Gasteiger partial charge in [0.05, 0.1) is 0 Å². The zero-order valence-electron chi connectivity index (χ0n) is 13.8. The highest BCUT2D eigenvalue weighted by molar-refractivity contribution is 4.92. The minimum Gasteiger partial charge on any atom is -0.293 e. The van der Waals surface area contributed by atoms with Crippen LogP contribution in [0.3, 0.4) is 0 Å². The Labute approximate surface area is 110 Å². The highest BCUT2D eigenvalue weighted by Crippen LogP contribution is 2.33. The first-order valence-electron chi connectivity index (χ1n) is 7.24. The van der Waals surface area contributed by atoms with Crippen LogP contribution in [0.1, 0.15) is 81.6 Å². The number of nitrogens with zero attached hydrogens (tertiary/aromatic N) is 1. The van der Waals surface area contributed by atoms with Crippen LogP contribution < -0.4 is 0 Å². The Bertz CT molecular complexity index is 220. The van der Waals surface area contributed by atoms with Crippen LogP contribution in [0.25, 0.3) is 0 Å². The molecular weight excluding hydrogens is 206 g/mol. The predicted molar refractivity (Wildman–Crippen MR) is 79.5 cm³/mol. The lowest BCUT2D eigenvalue weighted by Gasteiger charge is -2.50. The molecule has 1 heteroatoms. The molecule has 0 unspecified atom stereocenters. The first-order valence-corrected chi connectivity index (χ1v) is 7.24. The second-order valence-electron chi connectivity index (χ2n) is 7.84. The molecule has 0 spiro atoms. The van der Waals surface area contributed by atoms with Gasteiger partial charge < -0.3 is 0 Å². The van der Waals surface area contributed by atoms with Crippen molar-refractivity contribution >= 4 is 0 Å². The monoisotopic (exact) mass is 241 g/mol. The summed E-state index contributed by atoms with van der Waals surface area (Å²) in [6, 6.07) is 0. The molecule has 0 heterocycles. The fourth-order valence-electron chi connectivity index (χ4n) is 2.65. The molecule has 0 saturated heterocycles. The van der Waals surface area contributed by atoms with Crippen molar-refractivity contribution in [1.82, 2.24) is 4.90 Å². The summed E-state index contributed by atoms with van der Waals surface area (Å²) in [6.07, 6.45) is 3.76. The van der Waals surface area contributed by atoms with Crippen molar-refractivity contribution in [1.29, 1.82) is 0 Å². The molecule has 0 aliphatic rings. The zero-order chi connectivity index (χ0) is 13.9. The summed E-state index contributed by atoms with van der Waals surface area (Å²) in [7, 11) is 0. The summed E-state index contributed by atoms with van der Waals surface area (Å²) in [5.41, 5.74) is 0.933. The van der Waals surface area contributed by atoms with Gasteiger partial charge in [0.2, 0.25) is 0 Å². The summed E-state index contributed by atoms with van der Waals surface area (Å²) in [4.78, 5) is 2.70. The Balaban J connectivity index is 5.03. The van der Waals surface area contributed by atoms with Crippen LogP contribution in [0.2, 0.25) is 0 Å². The van der Waals surface area contributed by atoms with Gasteiger partial charge >= 0.3 is 0 Å². The first-order chi connectivity index (χ1) is 7.46. The SMILES string of the molecule is CCCC(C)(C)N(CC(C)(C)CC)C(C)(C)C. The van der Waals surface area contributed by atoms with Crippen molar-refractivity contribution in [3.63, 3.8) is 0 Å². The van der Waals surface area contributed by atoms with Crippen molar-refractivity contribution < 1.29 is 0 Å². The van der Waals surface area contributed by atoms with E-state index in [2.05, 4.69) is 67.2 Å². The Morgan fingerprint density at radius 3 is 1.59 bits per heavy atom. The van der Waals surface area contributed by atoms with E-state index in [9.17, 15) is 0 Å². The van der Waals surface area contributed by atoms with Crippen LogP contribution in [0.15, 0.2) is 0 Å². The molecule has 0 radical (unpaired) electrons. The molecule has 0 bridgehead atoms. The zero-order valence-corrected chi connectivity index (χ0v) is 13.8. The van der Waals surface area contributed by atoms with Gasteiger partial charge in [0.1, 0.15) is 0 Å². The molecule has 104 valence electrons. The molecule has 0 fully saturated rings. The molecule has 1 nitrogen and oxygen atoms in total. The van der Waals surface area contributed by atoms with Crippen LogP contribution in [-0.4, -0.2) is 22.5 Å². The quantitative estimate of drug-likeness (QED) is 0.625. The third-order valence-electron chi connectivity index (χ3n) is 3.95. The predicted octanol–water partition coefficient (Wildman–Crippen LogP) is 5.10. The first kappa shape index (κ1) is 17.0. The van der Waals surface area contributed by atoms with Gasteiger partial charge in [0, 0.05) is 17.6 Å². The highest BCUT2D eigenvalue weighted by atomic mass is 15.2. The van der Waals surface area contributed by atoms with Gasteiger partial charge in [-0.15, -0.1) is 0 Å². The summed E-state index contributed by atoms with van der Waals surface area (Å²) in [6.45, 7) is 22.4. The maximum Gasteiger partial charge on any atom is 0.0158 e. The maximum atomic E-state index is 2.70. The van der Waals surface area contributed by atoms with E-state index in [1.165, 1.54) is 25.8 Å². The van der Waals surface area contributed by atoms with Gasteiger partial charge in [-0.3, -0.25) is 4.90 Å². The van der Waals surface area contributed by atoms with Gasteiger partial charge in [-0.2, -0.15) is 0 Å². The molecular formula is C16H35N. The van der Waals surface area contributed by atoms with E-state index in [0.29, 0.717) is 11.0 Å². The number of rotatable bonds is 6. The molecule has 0 N–H and O–H groups in total. The van der Waals surface area contributed by atoms with E-state index in [1.54, 1.807) is 0 Å². The van der Waals surface area contributed by atoms with Crippen LogP contribution >= 0.6 is 0 Å². The van der Waals surface area contributed by atoms with Gasteiger partial charge in [-0.1, -0.05) is 34.1 Å². The Kier molecular flexibility index (Phi) is 5.72. The van der Waals surface area contributed by atoms with E-state index in [0.717, 1.165) is 0 Å². The molecule has 0 aromatic carbocycles. The van der Waals surface area contributed by atoms with Crippen LogP contribution in [0.5, 0.6) is 0 Å². The number of hydrogen-bond donors (Lipinski definition) is 0. The lowest BCUT2D eigenvalue weighted by atomic mass is 9.83. The van der Waals surface area contributed by atoms with Crippen molar-refractivity contribution in [2.24, 2.45) is 5.41 Å². The average molecular weight is 241 g/mol. The fourth-order valence-corrected chi connectivity index (χ4v) is 2.65. The summed E-state index contributed by atoms with van der Waals surface area (Å²) >= 11 is 0. The van der Waals surface area contributed by atoms with E-state index in [4.69, 9.17) is 0 Å². The van der Waals surface area contributed by atoms with Crippen LogP contribution in [0, 0.1) is 5.41 Å². The fraction of sp³-hybridized carbons (Fsp3) is 1.00. The van der Waals surface area contributed by atoms with Crippen LogP contribution in [-0.2, 0) is 0 Å². The van der Waals surface area contributed by atoms with E-state index < -0.39 is 0 Å². The van der Waals surface area contributed by atoms with Crippen molar-refractivity contribution in [3.05, 3.63) is 0 Å². The summed E-state index contributed by atoms with van der Waals surface area (Å²) < 4.78 is 0. The van der Waals surface area contributed by atoms with E-state index in [1.807, 2.05) is 0 Å². The maximum absolute atomic E-state index is 2.70.